The van der Waals surface area contributed by atoms with Crippen molar-refractivity contribution >= 4 is 5.97 Å². The highest BCUT2D eigenvalue weighted by molar-refractivity contribution is 5.78. The van der Waals surface area contributed by atoms with Gasteiger partial charge in [0.1, 0.15) is 104 Å². The number of aliphatic hydroxyl groups is 15. The van der Waals surface area contributed by atoms with E-state index >= 15 is 4.79 Å². The molecule has 0 aromatic rings. The van der Waals surface area contributed by atoms with E-state index in [1.54, 1.807) is 0 Å². The van der Waals surface area contributed by atoms with Crippen LogP contribution in [0, 0.1) is 56.7 Å². The van der Waals surface area contributed by atoms with E-state index in [4.69, 9.17) is 47.4 Å². The van der Waals surface area contributed by atoms with E-state index in [0.717, 1.165) is 31.3 Å². The second-order valence-electron chi connectivity index (χ2n) is 28.0. The van der Waals surface area contributed by atoms with E-state index in [-0.39, 0.29) is 59.0 Å². The Labute approximate surface area is 494 Å². The molecule has 5 saturated carbocycles. The fourth-order valence-electron chi connectivity index (χ4n) is 18.4. The number of carbonyl (C=O) groups is 1. The third-order valence-electron chi connectivity index (χ3n) is 23.6. The van der Waals surface area contributed by atoms with E-state index in [1.807, 2.05) is 13.8 Å². The van der Waals surface area contributed by atoms with Crippen LogP contribution in [0.5, 0.6) is 0 Å². The summed E-state index contributed by atoms with van der Waals surface area (Å²) in [7, 11) is 0. The van der Waals surface area contributed by atoms with Gasteiger partial charge in [-0.05, 0) is 131 Å². The maximum atomic E-state index is 15.2. The summed E-state index contributed by atoms with van der Waals surface area (Å²) in [6.45, 7) is 16.5. The van der Waals surface area contributed by atoms with E-state index in [2.05, 4.69) is 27.4 Å². The molecule has 26 nitrogen and oxygen atoms in total. The third-order valence-corrected chi connectivity index (χ3v) is 23.6. The Bertz CT molecular complexity index is 2340. The summed E-state index contributed by atoms with van der Waals surface area (Å²) in [6.07, 6.45) is -31.6. The van der Waals surface area contributed by atoms with Gasteiger partial charge in [-0.15, -0.1) is 0 Å². The monoisotopic (exact) mass is 1220 g/mol. The lowest BCUT2D eigenvalue weighted by atomic mass is 9.32. The van der Waals surface area contributed by atoms with Gasteiger partial charge in [0, 0.05) is 5.41 Å². The van der Waals surface area contributed by atoms with Gasteiger partial charge in [0.15, 0.2) is 25.2 Å². The quantitative estimate of drug-likeness (QED) is 0.0478. The van der Waals surface area contributed by atoms with Gasteiger partial charge in [0.2, 0.25) is 6.29 Å². The molecule has 0 spiro atoms. The van der Waals surface area contributed by atoms with Crippen molar-refractivity contribution in [1.29, 1.82) is 0 Å². The molecule has 10 aliphatic rings. The van der Waals surface area contributed by atoms with Crippen LogP contribution in [-0.4, -0.2) is 263 Å². The zero-order valence-electron chi connectivity index (χ0n) is 49.6. The van der Waals surface area contributed by atoms with E-state index in [1.165, 1.54) is 13.8 Å². The van der Waals surface area contributed by atoms with Crippen molar-refractivity contribution in [2.24, 2.45) is 56.7 Å². The van der Waals surface area contributed by atoms with Gasteiger partial charge >= 0.3 is 5.97 Å². The molecule has 0 aromatic carbocycles. The first-order valence-electron chi connectivity index (χ1n) is 30.7. The lowest BCUT2D eigenvalue weighted by Gasteiger charge is -2.73. The van der Waals surface area contributed by atoms with Crippen molar-refractivity contribution in [1.82, 2.24) is 0 Å². The highest BCUT2D eigenvalue weighted by Gasteiger charge is 2.73. The minimum atomic E-state index is -1.90. The normalized spacial score (nSPS) is 56.3. The van der Waals surface area contributed by atoms with Crippen LogP contribution in [0.15, 0.2) is 12.2 Å². The second kappa shape index (κ2) is 24.7. The Morgan fingerprint density at radius 2 is 1.13 bits per heavy atom. The number of hydrogen-bond acceptors (Lipinski definition) is 26. The van der Waals surface area contributed by atoms with Crippen molar-refractivity contribution < 1.29 is 129 Å². The molecule has 24 unspecified atom stereocenters. The fourth-order valence-corrected chi connectivity index (χ4v) is 18.4. The minimum Gasteiger partial charge on any atom is -0.432 e. The number of fused-ring (bicyclic) bond motifs is 7. The molecule has 5 aliphatic carbocycles. The van der Waals surface area contributed by atoms with Crippen molar-refractivity contribution in [3.05, 3.63) is 12.2 Å². The molecule has 5 saturated heterocycles. The Balaban J connectivity index is 0.820. The SMILES string of the molecule is C=C(C)[C@@H]1CC[C@]2(C(=O)OC3OC(COC4OC(CO)C(OC5OC(C)C(O)C(O)C5O)C(O)C4O)C(O)C(O)C3O)CC[C@]3(C)[C@H](CC[C@@H]4[C@@]5(C)CC[C@H](OC6OCC(O)C(O)C6OC6OC(C)C(O)C(O)C6O)[C@@](C)(CO)[C@@H]5CC[C@]43C)[C@@H]12. The number of hydrogen-bond donors (Lipinski definition) is 15. The highest BCUT2D eigenvalue weighted by atomic mass is 16.8. The predicted molar refractivity (Wildman–Crippen MR) is 288 cm³/mol. The van der Waals surface area contributed by atoms with Gasteiger partial charge in [0.05, 0.1) is 50.2 Å². The van der Waals surface area contributed by atoms with Crippen molar-refractivity contribution in [3.63, 3.8) is 0 Å². The molecule has 10 fully saturated rings. The van der Waals surface area contributed by atoms with Gasteiger partial charge < -0.3 is 124 Å². The van der Waals surface area contributed by atoms with Crippen molar-refractivity contribution in [2.45, 2.75) is 266 Å². The zero-order valence-corrected chi connectivity index (χ0v) is 49.6. The zero-order chi connectivity index (χ0) is 61.9. The molecule has 26 heteroatoms. The topological polar surface area (TPSA) is 413 Å². The molecule has 5 aliphatic heterocycles. The fraction of sp³-hybridized carbons (Fsp3) is 0.949. The first-order valence-corrected chi connectivity index (χ1v) is 30.7. The van der Waals surface area contributed by atoms with Crippen LogP contribution in [0.25, 0.3) is 0 Å². The van der Waals surface area contributed by atoms with Gasteiger partial charge in [-0.2, -0.15) is 0 Å². The van der Waals surface area contributed by atoms with Crippen LogP contribution in [-0.2, 0) is 52.2 Å². The number of carbonyl (C=O) groups excluding carboxylic acids is 1. The second-order valence-corrected chi connectivity index (χ2v) is 28.0. The Morgan fingerprint density at radius 1 is 0.541 bits per heavy atom. The largest absolute Gasteiger partial charge is 0.432 e. The molecule has 5 heterocycles. The summed E-state index contributed by atoms with van der Waals surface area (Å²) in [6, 6.07) is 0. The van der Waals surface area contributed by atoms with Gasteiger partial charge in [0.25, 0.3) is 0 Å². The molecule has 15 N–H and O–H groups in total. The van der Waals surface area contributed by atoms with Crippen LogP contribution < -0.4 is 0 Å². The minimum absolute atomic E-state index is 0.0172. The molecule has 10 rings (SSSR count). The molecule has 35 atom stereocenters. The summed E-state index contributed by atoms with van der Waals surface area (Å²) >= 11 is 0. The molecule has 0 bridgehead atoms. The number of allylic oxidation sites excluding steroid dienone is 1. The summed E-state index contributed by atoms with van der Waals surface area (Å²) in [5.74, 6) is -0.760. The molecule has 0 radical (unpaired) electrons. The number of aliphatic hydroxyl groups excluding tert-OH is 15. The number of esters is 1. The van der Waals surface area contributed by atoms with E-state index in [9.17, 15) is 76.6 Å². The molecular formula is C59H96O26. The van der Waals surface area contributed by atoms with Crippen molar-refractivity contribution in [2.75, 3.05) is 26.4 Å². The summed E-state index contributed by atoms with van der Waals surface area (Å²) < 4.78 is 59.5. The van der Waals surface area contributed by atoms with Crippen LogP contribution in [0.4, 0.5) is 0 Å². The van der Waals surface area contributed by atoms with E-state index < -0.39 is 184 Å². The molecular weight excluding hydrogens is 1120 g/mol. The highest BCUT2D eigenvalue weighted by Crippen LogP contribution is 2.78. The Morgan fingerprint density at radius 3 is 1.74 bits per heavy atom. The maximum Gasteiger partial charge on any atom is 0.314 e. The predicted octanol–water partition coefficient (Wildman–Crippen LogP) is -2.69. The first kappa shape index (κ1) is 66.2. The first-order chi connectivity index (χ1) is 39.9. The van der Waals surface area contributed by atoms with Crippen LogP contribution in [0.2, 0.25) is 0 Å². The molecule has 488 valence electrons. The molecule has 0 aromatic heterocycles. The standard InChI is InChI=1S/C59H96O26/c1-23(2)26-11-16-59(54(75)85-52-45(73)41(69)38(66)30(81-52)21-77-49-46(74)42(70)47(29(19-60)80-49)83-50-43(71)39(67)35(63)24(3)78-50)18-17-57(7)27(34(26)59)9-10-32-55(5)14-13-33(56(6,22-61)31(55)12-15-58(32,57)8)82-53-48(37(65)28(62)20-76-53)84-51-44(72)40(68)36(64)25(4)79-51/h24-53,60-74H,1,9-22H2,2-8H3/t24?,25?,26-,27+,28?,29?,30?,31+,32+,33-,34+,35?,36?,37?,38?,39?,40?,41?,42?,43?,44?,45?,46?,47?,48?,49?,50?,51?,52?,53?,55-,56-,57+,58+,59-/m0/s1. The summed E-state index contributed by atoms with van der Waals surface area (Å²) in [5, 5.41) is 163. The third kappa shape index (κ3) is 10.9. The van der Waals surface area contributed by atoms with Gasteiger partial charge in [-0.1, -0.05) is 39.8 Å². The smallest absolute Gasteiger partial charge is 0.314 e. The Kier molecular flexibility index (Phi) is 19.2. The lowest BCUT2D eigenvalue weighted by Crippen LogP contribution is -2.68. The average molecular weight is 1220 g/mol. The van der Waals surface area contributed by atoms with Crippen molar-refractivity contribution in [3.8, 4) is 0 Å². The molecule has 0 amide bonds. The van der Waals surface area contributed by atoms with Crippen LogP contribution >= 0.6 is 0 Å². The lowest BCUT2D eigenvalue weighted by molar-refractivity contribution is -0.366. The van der Waals surface area contributed by atoms with Gasteiger partial charge in [-0.3, -0.25) is 4.79 Å². The summed E-state index contributed by atoms with van der Waals surface area (Å²) in [5.41, 5.74) is -1.80. The van der Waals surface area contributed by atoms with Crippen LogP contribution in [0.1, 0.15) is 113 Å². The van der Waals surface area contributed by atoms with Crippen LogP contribution in [0.3, 0.4) is 0 Å². The van der Waals surface area contributed by atoms with E-state index in [0.29, 0.717) is 38.5 Å². The number of ether oxygens (including phenoxy) is 10. The summed E-state index contributed by atoms with van der Waals surface area (Å²) in [4.78, 5) is 15.2. The maximum absolute atomic E-state index is 15.2. The average Bonchev–Trinajstić information content (AvgIpc) is 1.62. The van der Waals surface area contributed by atoms with Gasteiger partial charge in [-0.25, -0.2) is 0 Å². The number of rotatable bonds is 14. The molecule has 85 heavy (non-hydrogen) atoms. The Hall–Kier alpha value is -1.75.